The number of ether oxygens (including phenoxy) is 2. The Bertz CT molecular complexity index is 579. The minimum Gasteiger partial charge on any atom is -0.493 e. The van der Waals surface area contributed by atoms with Gasteiger partial charge in [0.05, 0.1) is 14.2 Å². The highest BCUT2D eigenvalue weighted by molar-refractivity contribution is 5.71. The Kier molecular flexibility index (Phi) is 5.23. The van der Waals surface area contributed by atoms with E-state index in [1.54, 1.807) is 14.2 Å². The van der Waals surface area contributed by atoms with Gasteiger partial charge in [0.15, 0.2) is 11.5 Å². The summed E-state index contributed by atoms with van der Waals surface area (Å²) in [6.45, 7) is 5.08. The van der Waals surface area contributed by atoms with Crippen LogP contribution in [0.1, 0.15) is 19.4 Å². The monoisotopic (exact) mass is 285 g/mol. The number of hydrogen-bond donors (Lipinski definition) is 1. The molecule has 0 heterocycles. The molecule has 0 radical (unpaired) electrons. The fourth-order valence-electron chi connectivity index (χ4n) is 2.27. The maximum absolute atomic E-state index is 5.43. The SMILES string of the molecule is COc1cc(CNC(C)C)c(-c2ccccc2)cc1OC. The molecule has 2 aromatic rings. The van der Waals surface area contributed by atoms with Gasteiger partial charge in [-0.1, -0.05) is 44.2 Å². The van der Waals surface area contributed by atoms with Gasteiger partial charge in [-0.2, -0.15) is 0 Å². The van der Waals surface area contributed by atoms with Crippen molar-refractivity contribution < 1.29 is 9.47 Å². The van der Waals surface area contributed by atoms with E-state index in [4.69, 9.17) is 9.47 Å². The van der Waals surface area contributed by atoms with E-state index in [0.29, 0.717) is 6.04 Å². The van der Waals surface area contributed by atoms with Crippen molar-refractivity contribution in [3.63, 3.8) is 0 Å². The molecule has 0 saturated carbocycles. The van der Waals surface area contributed by atoms with Gasteiger partial charge < -0.3 is 14.8 Å². The summed E-state index contributed by atoms with van der Waals surface area (Å²) in [6.07, 6.45) is 0. The lowest BCUT2D eigenvalue weighted by Crippen LogP contribution is -2.22. The van der Waals surface area contributed by atoms with Gasteiger partial charge in [-0.15, -0.1) is 0 Å². The summed E-state index contributed by atoms with van der Waals surface area (Å²) >= 11 is 0. The summed E-state index contributed by atoms with van der Waals surface area (Å²) in [7, 11) is 3.33. The summed E-state index contributed by atoms with van der Waals surface area (Å²) in [6, 6.07) is 14.9. The second-order valence-electron chi connectivity index (χ2n) is 5.27. The van der Waals surface area contributed by atoms with Gasteiger partial charge in [0, 0.05) is 12.6 Å². The molecule has 3 nitrogen and oxygen atoms in total. The fraction of sp³-hybridized carbons (Fsp3) is 0.333. The van der Waals surface area contributed by atoms with E-state index in [1.807, 2.05) is 24.3 Å². The lowest BCUT2D eigenvalue weighted by Gasteiger charge is -2.17. The molecule has 3 heteroatoms. The molecule has 0 aromatic heterocycles. The number of rotatable bonds is 6. The quantitative estimate of drug-likeness (QED) is 0.874. The van der Waals surface area contributed by atoms with Crippen LogP contribution < -0.4 is 14.8 Å². The molecule has 0 aliphatic carbocycles. The van der Waals surface area contributed by atoms with Crippen LogP contribution in [0.25, 0.3) is 11.1 Å². The molecule has 0 unspecified atom stereocenters. The minimum absolute atomic E-state index is 0.432. The Labute approximate surface area is 126 Å². The van der Waals surface area contributed by atoms with E-state index in [0.717, 1.165) is 18.0 Å². The molecular weight excluding hydrogens is 262 g/mol. The zero-order valence-electron chi connectivity index (χ0n) is 13.1. The summed E-state index contributed by atoms with van der Waals surface area (Å²) < 4.78 is 10.9. The number of nitrogens with one attached hydrogen (secondary N) is 1. The lowest BCUT2D eigenvalue weighted by molar-refractivity contribution is 0.354. The lowest BCUT2D eigenvalue weighted by atomic mass is 9.98. The number of hydrogen-bond acceptors (Lipinski definition) is 3. The molecular formula is C18H23NO2. The van der Waals surface area contributed by atoms with Crippen LogP contribution in [0.3, 0.4) is 0 Å². The van der Waals surface area contributed by atoms with Gasteiger partial charge in [0.2, 0.25) is 0 Å². The third-order valence-corrected chi connectivity index (χ3v) is 3.39. The molecule has 0 amide bonds. The largest absolute Gasteiger partial charge is 0.493 e. The first-order valence-corrected chi connectivity index (χ1v) is 7.19. The van der Waals surface area contributed by atoms with E-state index < -0.39 is 0 Å². The smallest absolute Gasteiger partial charge is 0.161 e. The first-order valence-electron chi connectivity index (χ1n) is 7.19. The Balaban J connectivity index is 2.48. The molecule has 0 atom stereocenters. The average Bonchev–Trinajstić information content (AvgIpc) is 2.52. The van der Waals surface area contributed by atoms with Crippen molar-refractivity contribution >= 4 is 0 Å². The molecule has 0 saturated heterocycles. The van der Waals surface area contributed by atoms with Crippen molar-refractivity contribution in [3.8, 4) is 22.6 Å². The van der Waals surface area contributed by atoms with Crippen LogP contribution in [0.2, 0.25) is 0 Å². The minimum atomic E-state index is 0.432. The predicted octanol–water partition coefficient (Wildman–Crippen LogP) is 3.87. The Hall–Kier alpha value is -2.00. The molecule has 2 aromatic carbocycles. The van der Waals surface area contributed by atoms with Crippen LogP contribution >= 0.6 is 0 Å². The first-order chi connectivity index (χ1) is 10.2. The highest BCUT2D eigenvalue weighted by Crippen LogP contribution is 2.35. The van der Waals surface area contributed by atoms with Gasteiger partial charge >= 0.3 is 0 Å². The molecule has 21 heavy (non-hydrogen) atoms. The summed E-state index contributed by atoms with van der Waals surface area (Å²) in [4.78, 5) is 0. The van der Waals surface area contributed by atoms with Gasteiger partial charge in [0.1, 0.15) is 0 Å². The van der Waals surface area contributed by atoms with Gasteiger partial charge in [-0.05, 0) is 28.8 Å². The van der Waals surface area contributed by atoms with Gasteiger partial charge in [0.25, 0.3) is 0 Å². The van der Waals surface area contributed by atoms with Crippen molar-refractivity contribution in [1.29, 1.82) is 0 Å². The van der Waals surface area contributed by atoms with E-state index in [9.17, 15) is 0 Å². The third kappa shape index (κ3) is 3.76. The number of methoxy groups -OCH3 is 2. The highest BCUT2D eigenvalue weighted by atomic mass is 16.5. The van der Waals surface area contributed by atoms with Gasteiger partial charge in [-0.25, -0.2) is 0 Å². The molecule has 0 bridgehead atoms. The molecule has 0 spiro atoms. The number of benzene rings is 2. The van der Waals surface area contributed by atoms with Gasteiger partial charge in [-0.3, -0.25) is 0 Å². The topological polar surface area (TPSA) is 30.5 Å². The van der Waals surface area contributed by atoms with Crippen LogP contribution in [0, 0.1) is 0 Å². The van der Waals surface area contributed by atoms with Crippen molar-refractivity contribution in [2.24, 2.45) is 0 Å². The summed E-state index contributed by atoms with van der Waals surface area (Å²) in [5.74, 6) is 1.52. The third-order valence-electron chi connectivity index (χ3n) is 3.39. The first kappa shape index (κ1) is 15.4. The maximum atomic E-state index is 5.43. The predicted molar refractivity (Wildman–Crippen MR) is 87.0 cm³/mol. The van der Waals surface area contributed by atoms with Crippen LogP contribution in [0.4, 0.5) is 0 Å². The van der Waals surface area contributed by atoms with Crippen molar-refractivity contribution in [1.82, 2.24) is 5.32 Å². The highest BCUT2D eigenvalue weighted by Gasteiger charge is 2.12. The van der Waals surface area contributed by atoms with Crippen molar-refractivity contribution in [2.75, 3.05) is 14.2 Å². The Morgan fingerprint density at radius 3 is 2.14 bits per heavy atom. The standard InChI is InChI=1S/C18H23NO2/c1-13(2)19-12-15-10-17(20-3)18(21-4)11-16(15)14-8-6-5-7-9-14/h5-11,13,19H,12H2,1-4H3. The van der Waals surface area contributed by atoms with Crippen LogP contribution in [-0.4, -0.2) is 20.3 Å². The van der Waals surface area contributed by atoms with Crippen LogP contribution in [0.15, 0.2) is 42.5 Å². The molecule has 0 fully saturated rings. The molecule has 1 N–H and O–H groups in total. The average molecular weight is 285 g/mol. The molecule has 0 aliphatic heterocycles. The van der Waals surface area contributed by atoms with Crippen molar-refractivity contribution in [2.45, 2.75) is 26.4 Å². The molecule has 112 valence electrons. The second-order valence-corrected chi connectivity index (χ2v) is 5.27. The fourth-order valence-corrected chi connectivity index (χ4v) is 2.27. The van der Waals surface area contributed by atoms with Crippen LogP contribution in [0.5, 0.6) is 11.5 Å². The normalized spacial score (nSPS) is 10.7. The molecule has 0 aliphatic rings. The summed E-state index contributed by atoms with van der Waals surface area (Å²) in [5, 5.41) is 3.46. The van der Waals surface area contributed by atoms with E-state index in [-0.39, 0.29) is 0 Å². The second kappa shape index (κ2) is 7.14. The zero-order valence-corrected chi connectivity index (χ0v) is 13.1. The Morgan fingerprint density at radius 1 is 0.952 bits per heavy atom. The van der Waals surface area contributed by atoms with E-state index in [2.05, 4.69) is 37.4 Å². The van der Waals surface area contributed by atoms with Crippen LogP contribution in [-0.2, 0) is 6.54 Å². The molecule has 2 rings (SSSR count). The van der Waals surface area contributed by atoms with E-state index >= 15 is 0 Å². The maximum Gasteiger partial charge on any atom is 0.161 e. The Morgan fingerprint density at radius 2 is 1.57 bits per heavy atom. The zero-order chi connectivity index (χ0) is 15.2. The van der Waals surface area contributed by atoms with Crippen molar-refractivity contribution in [3.05, 3.63) is 48.0 Å². The summed E-state index contributed by atoms with van der Waals surface area (Å²) in [5.41, 5.74) is 3.55. The van der Waals surface area contributed by atoms with E-state index in [1.165, 1.54) is 16.7 Å².